The second kappa shape index (κ2) is 10.1. The standard InChI is InChI=1S/C27H26N4O3/c1-17-11-19(14-28-13-17)20-12-23(25(29-15-20)22-8-6-5-7-18(22)2)26(32)30-16-21-9-10-24(33-3)27(31-21)34-4/h5-15H,16H2,1-4H3,(H,30,32). The quantitative estimate of drug-likeness (QED) is 0.433. The minimum atomic E-state index is -0.246. The van der Waals surface area contributed by atoms with Crippen molar-refractivity contribution in [1.82, 2.24) is 20.3 Å². The SMILES string of the molecule is COc1ccc(CNC(=O)c2cc(-c3cncc(C)c3)cnc2-c2ccccc2C)nc1OC. The average molecular weight is 455 g/mol. The summed E-state index contributed by atoms with van der Waals surface area (Å²) in [6, 6.07) is 15.3. The number of hydrogen-bond acceptors (Lipinski definition) is 6. The molecule has 1 aromatic carbocycles. The number of nitrogens with zero attached hydrogens (tertiary/aromatic N) is 3. The molecule has 4 rings (SSSR count). The van der Waals surface area contributed by atoms with Gasteiger partial charge >= 0.3 is 0 Å². The van der Waals surface area contributed by atoms with Gasteiger partial charge in [0.1, 0.15) is 0 Å². The van der Waals surface area contributed by atoms with Crippen molar-refractivity contribution in [3.05, 3.63) is 89.5 Å². The van der Waals surface area contributed by atoms with Crippen LogP contribution in [0.5, 0.6) is 11.6 Å². The van der Waals surface area contributed by atoms with Gasteiger partial charge in [-0.2, -0.15) is 0 Å². The Labute approximate surface area is 198 Å². The number of amides is 1. The van der Waals surface area contributed by atoms with Crippen molar-refractivity contribution in [2.24, 2.45) is 0 Å². The second-order valence-corrected chi connectivity index (χ2v) is 7.88. The van der Waals surface area contributed by atoms with Crippen LogP contribution in [0.3, 0.4) is 0 Å². The van der Waals surface area contributed by atoms with Crippen molar-refractivity contribution in [3.8, 4) is 34.0 Å². The molecular formula is C27H26N4O3. The van der Waals surface area contributed by atoms with E-state index in [1.165, 1.54) is 7.11 Å². The Kier molecular flexibility index (Phi) is 6.82. The molecule has 0 unspecified atom stereocenters. The van der Waals surface area contributed by atoms with Crippen LogP contribution < -0.4 is 14.8 Å². The fourth-order valence-electron chi connectivity index (χ4n) is 3.69. The summed E-state index contributed by atoms with van der Waals surface area (Å²) >= 11 is 0. The number of carbonyl (C=O) groups is 1. The van der Waals surface area contributed by atoms with E-state index in [-0.39, 0.29) is 12.5 Å². The topological polar surface area (TPSA) is 86.2 Å². The third-order valence-electron chi connectivity index (χ3n) is 5.47. The van der Waals surface area contributed by atoms with Crippen LogP contribution in [0.1, 0.15) is 27.2 Å². The van der Waals surface area contributed by atoms with E-state index in [1.54, 1.807) is 37.8 Å². The molecule has 0 atom stereocenters. The zero-order chi connectivity index (χ0) is 24.1. The molecule has 0 aliphatic rings. The molecule has 4 aromatic rings. The number of hydrogen-bond donors (Lipinski definition) is 1. The van der Waals surface area contributed by atoms with Crippen LogP contribution in [0, 0.1) is 13.8 Å². The largest absolute Gasteiger partial charge is 0.491 e. The van der Waals surface area contributed by atoms with Gasteiger partial charge in [-0.15, -0.1) is 0 Å². The van der Waals surface area contributed by atoms with Crippen LogP contribution in [0.15, 0.2) is 67.1 Å². The molecule has 3 aromatic heterocycles. The van der Waals surface area contributed by atoms with Gasteiger partial charge in [-0.1, -0.05) is 24.3 Å². The van der Waals surface area contributed by atoms with E-state index in [4.69, 9.17) is 14.5 Å². The van der Waals surface area contributed by atoms with Gasteiger partial charge in [-0.25, -0.2) is 4.98 Å². The van der Waals surface area contributed by atoms with Crippen LogP contribution in [-0.2, 0) is 6.54 Å². The summed E-state index contributed by atoms with van der Waals surface area (Å²) in [5.41, 5.74) is 6.46. The second-order valence-electron chi connectivity index (χ2n) is 7.88. The van der Waals surface area contributed by atoms with Crippen molar-refractivity contribution in [1.29, 1.82) is 0 Å². The molecular weight excluding hydrogens is 428 g/mol. The molecule has 7 heteroatoms. The zero-order valence-electron chi connectivity index (χ0n) is 19.6. The smallest absolute Gasteiger partial charge is 0.257 e. The third-order valence-corrected chi connectivity index (χ3v) is 5.47. The van der Waals surface area contributed by atoms with Crippen LogP contribution in [0.25, 0.3) is 22.4 Å². The number of nitrogens with one attached hydrogen (secondary N) is 1. The lowest BCUT2D eigenvalue weighted by molar-refractivity contribution is 0.0950. The molecule has 34 heavy (non-hydrogen) atoms. The summed E-state index contributed by atoms with van der Waals surface area (Å²) in [4.78, 5) is 26.8. The Balaban J connectivity index is 1.69. The van der Waals surface area contributed by atoms with Gasteiger partial charge in [-0.3, -0.25) is 14.8 Å². The highest BCUT2D eigenvalue weighted by atomic mass is 16.5. The summed E-state index contributed by atoms with van der Waals surface area (Å²) in [6.07, 6.45) is 5.35. The Morgan fingerprint density at radius 1 is 0.941 bits per heavy atom. The molecule has 0 saturated carbocycles. The lowest BCUT2D eigenvalue weighted by atomic mass is 9.98. The molecule has 0 aliphatic heterocycles. The first-order chi connectivity index (χ1) is 16.5. The Morgan fingerprint density at radius 2 is 1.74 bits per heavy atom. The maximum atomic E-state index is 13.4. The van der Waals surface area contributed by atoms with Gasteiger partial charge in [0.25, 0.3) is 11.8 Å². The summed E-state index contributed by atoms with van der Waals surface area (Å²) in [5.74, 6) is 0.651. The molecule has 3 heterocycles. The molecule has 0 fully saturated rings. The number of ether oxygens (including phenoxy) is 2. The normalized spacial score (nSPS) is 10.6. The summed E-state index contributed by atoms with van der Waals surface area (Å²) < 4.78 is 10.5. The van der Waals surface area contributed by atoms with E-state index < -0.39 is 0 Å². The zero-order valence-corrected chi connectivity index (χ0v) is 19.6. The van der Waals surface area contributed by atoms with E-state index in [0.29, 0.717) is 28.6 Å². The van der Waals surface area contributed by atoms with E-state index in [9.17, 15) is 4.79 Å². The van der Waals surface area contributed by atoms with Gasteiger partial charge in [0.2, 0.25) is 0 Å². The van der Waals surface area contributed by atoms with E-state index in [1.807, 2.05) is 50.2 Å². The fraction of sp³-hybridized carbons (Fsp3) is 0.185. The van der Waals surface area contributed by atoms with Crippen LogP contribution >= 0.6 is 0 Å². The van der Waals surface area contributed by atoms with Gasteiger partial charge in [-0.05, 0) is 49.2 Å². The van der Waals surface area contributed by atoms with E-state index >= 15 is 0 Å². The van der Waals surface area contributed by atoms with Crippen molar-refractivity contribution in [3.63, 3.8) is 0 Å². The Hall–Kier alpha value is -4.26. The Bertz CT molecular complexity index is 1340. The molecule has 0 spiro atoms. The lowest BCUT2D eigenvalue weighted by Crippen LogP contribution is -2.24. The number of benzene rings is 1. The first-order valence-electron chi connectivity index (χ1n) is 10.8. The highest BCUT2D eigenvalue weighted by Crippen LogP contribution is 2.29. The summed E-state index contributed by atoms with van der Waals surface area (Å²) in [5, 5.41) is 2.97. The third kappa shape index (κ3) is 4.88. The van der Waals surface area contributed by atoms with Gasteiger partial charge in [0, 0.05) is 35.3 Å². The maximum Gasteiger partial charge on any atom is 0.257 e. The number of pyridine rings is 3. The molecule has 1 amide bonds. The van der Waals surface area contributed by atoms with Gasteiger partial charge in [0.15, 0.2) is 5.75 Å². The first kappa shape index (κ1) is 22.9. The monoisotopic (exact) mass is 454 g/mol. The predicted octanol–water partition coefficient (Wildman–Crippen LogP) is 4.77. The van der Waals surface area contributed by atoms with Crippen molar-refractivity contribution >= 4 is 5.91 Å². The molecule has 0 radical (unpaired) electrons. The highest BCUT2D eigenvalue weighted by Gasteiger charge is 2.18. The summed E-state index contributed by atoms with van der Waals surface area (Å²) in [7, 11) is 3.08. The van der Waals surface area contributed by atoms with Crippen LogP contribution in [0.4, 0.5) is 0 Å². The van der Waals surface area contributed by atoms with Crippen molar-refractivity contribution in [2.75, 3.05) is 14.2 Å². The Morgan fingerprint density at radius 3 is 2.47 bits per heavy atom. The van der Waals surface area contributed by atoms with E-state index in [2.05, 4.69) is 15.3 Å². The van der Waals surface area contributed by atoms with E-state index in [0.717, 1.165) is 27.8 Å². The van der Waals surface area contributed by atoms with Crippen LogP contribution in [0.2, 0.25) is 0 Å². The highest BCUT2D eigenvalue weighted by molar-refractivity contribution is 6.01. The average Bonchev–Trinajstić information content (AvgIpc) is 2.87. The number of aromatic nitrogens is 3. The summed E-state index contributed by atoms with van der Waals surface area (Å²) in [6.45, 7) is 4.21. The van der Waals surface area contributed by atoms with Gasteiger partial charge in [0.05, 0.1) is 37.7 Å². The lowest BCUT2D eigenvalue weighted by Gasteiger charge is -2.14. The number of aryl methyl sites for hydroxylation is 2. The molecule has 7 nitrogen and oxygen atoms in total. The van der Waals surface area contributed by atoms with Crippen LogP contribution in [-0.4, -0.2) is 35.1 Å². The fourth-order valence-corrected chi connectivity index (χ4v) is 3.69. The number of carbonyl (C=O) groups excluding carboxylic acids is 1. The van der Waals surface area contributed by atoms with Gasteiger partial charge < -0.3 is 14.8 Å². The minimum absolute atomic E-state index is 0.225. The predicted molar refractivity (Wildman–Crippen MR) is 131 cm³/mol. The maximum absolute atomic E-state index is 13.4. The number of rotatable bonds is 7. The first-order valence-corrected chi connectivity index (χ1v) is 10.8. The molecule has 0 saturated heterocycles. The molecule has 172 valence electrons. The minimum Gasteiger partial charge on any atom is -0.491 e. The van der Waals surface area contributed by atoms with Crippen molar-refractivity contribution < 1.29 is 14.3 Å². The molecule has 0 bridgehead atoms. The number of methoxy groups -OCH3 is 2. The molecule has 1 N–H and O–H groups in total. The van der Waals surface area contributed by atoms with Crippen molar-refractivity contribution in [2.45, 2.75) is 20.4 Å². The molecule has 0 aliphatic carbocycles.